The molecule has 5 N–H and O–H groups in total. The van der Waals surface area contributed by atoms with E-state index in [0.717, 1.165) is 64.8 Å². The molecule has 13 nitrogen and oxygen atoms in total. The maximum Gasteiger partial charge on any atom is 0.223 e. The predicted octanol–water partition coefficient (Wildman–Crippen LogP) is 0.136. The minimum absolute atomic E-state index is 0.00769. The molecule has 0 bridgehead atoms. The molecule has 5 fully saturated rings. The normalized spacial score (nSPS) is 34.7. The summed E-state index contributed by atoms with van der Waals surface area (Å²) >= 11 is 0. The number of hydrogen-bond donors (Lipinski definition) is 5. The number of likely N-dealkylation sites (tertiary alicyclic amines) is 2. The lowest BCUT2D eigenvalue weighted by molar-refractivity contribution is -0.130. The molecular formula is C34H63N7O6. The smallest absolute Gasteiger partial charge is 0.223 e. The summed E-state index contributed by atoms with van der Waals surface area (Å²) in [4.78, 5) is 31.8. The van der Waals surface area contributed by atoms with E-state index in [9.17, 15) is 14.7 Å². The molecule has 0 aromatic rings. The van der Waals surface area contributed by atoms with E-state index >= 15 is 0 Å². The summed E-state index contributed by atoms with van der Waals surface area (Å²) in [5, 5.41) is 24.9. The Labute approximate surface area is 282 Å². The van der Waals surface area contributed by atoms with Crippen LogP contribution in [0.15, 0.2) is 0 Å². The minimum Gasteiger partial charge on any atom is -0.390 e. The van der Waals surface area contributed by atoms with E-state index in [1.807, 2.05) is 4.90 Å². The summed E-state index contributed by atoms with van der Waals surface area (Å²) in [5.74, 6) is 1.31. The first-order valence-corrected chi connectivity index (χ1v) is 18.3. The van der Waals surface area contributed by atoms with E-state index < -0.39 is 6.10 Å². The van der Waals surface area contributed by atoms with Crippen molar-refractivity contribution in [2.75, 3.05) is 79.9 Å². The maximum atomic E-state index is 13.5. The molecule has 1 saturated carbocycles. The second kappa shape index (κ2) is 18.0. The summed E-state index contributed by atoms with van der Waals surface area (Å²) in [6.07, 6.45) is 7.62. The average molecular weight is 666 g/mol. The van der Waals surface area contributed by atoms with Gasteiger partial charge in [0, 0.05) is 71.3 Å². The third kappa shape index (κ3) is 10.8. The number of β-amino-alcohol motifs (C(OH)–C–C–N with tert-alkyl or cyclic N) is 1. The number of amides is 2. The van der Waals surface area contributed by atoms with Gasteiger partial charge < -0.3 is 34.4 Å². The summed E-state index contributed by atoms with van der Waals surface area (Å²) < 4.78 is 17.3. The van der Waals surface area contributed by atoms with E-state index in [1.165, 1.54) is 6.42 Å². The molecule has 47 heavy (non-hydrogen) atoms. The Bertz CT molecular complexity index is 987. The number of likely N-dealkylation sites (N-methyl/N-ethyl adjacent to an activating group) is 1. The molecule has 1 aliphatic carbocycles. The van der Waals surface area contributed by atoms with Crippen LogP contribution in [0.1, 0.15) is 65.2 Å². The largest absolute Gasteiger partial charge is 0.390 e. The Morgan fingerprint density at radius 2 is 1.89 bits per heavy atom. The van der Waals surface area contributed by atoms with Crippen molar-refractivity contribution in [3.63, 3.8) is 0 Å². The summed E-state index contributed by atoms with van der Waals surface area (Å²) in [6.45, 7) is 10.8. The second-order valence-electron chi connectivity index (χ2n) is 14.9. The first-order valence-electron chi connectivity index (χ1n) is 18.3. The summed E-state index contributed by atoms with van der Waals surface area (Å²) in [5.41, 5.74) is 0. The van der Waals surface area contributed by atoms with Crippen molar-refractivity contribution in [1.29, 1.82) is 0 Å². The highest BCUT2D eigenvalue weighted by Crippen LogP contribution is 2.37. The second-order valence-corrected chi connectivity index (χ2v) is 14.9. The maximum absolute atomic E-state index is 13.5. The Morgan fingerprint density at radius 3 is 2.62 bits per heavy atom. The number of piperidine rings is 3. The molecule has 8 unspecified atom stereocenters. The summed E-state index contributed by atoms with van der Waals surface area (Å²) in [7, 11) is 3.77. The standard InChI is InChI=1S/C34H63N7O6/c1-23-31(47-22-36-23)21-46-30-6-5-26-19-40(10-7-25(26)15-30)20-29(43)18-35-34(44)27-16-32(38-33(17-27)39(3)13-14-45-4)37-28-8-11-41(12-9-28)24(2)42/h23,25-33,36-38,43H,5-22H2,1-4H3,(H,35,44)/t23?,25?,26?,27?,29-,30?,31?,32?,33?/m0/s1. The van der Waals surface area contributed by atoms with Crippen LogP contribution in [0, 0.1) is 17.8 Å². The molecule has 2 amide bonds. The highest BCUT2D eigenvalue weighted by Gasteiger charge is 2.38. The van der Waals surface area contributed by atoms with Crippen LogP contribution in [0.4, 0.5) is 0 Å². The number of nitrogens with zero attached hydrogens (tertiary/aromatic N) is 3. The Morgan fingerprint density at radius 1 is 1.09 bits per heavy atom. The van der Waals surface area contributed by atoms with Crippen LogP contribution in [-0.4, -0.2) is 154 Å². The molecule has 4 saturated heterocycles. The molecule has 13 heteroatoms. The van der Waals surface area contributed by atoms with E-state index in [2.05, 4.69) is 45.0 Å². The fourth-order valence-corrected chi connectivity index (χ4v) is 8.37. The third-order valence-electron chi connectivity index (χ3n) is 11.5. The number of methoxy groups -OCH3 is 1. The molecule has 0 aromatic heterocycles. The zero-order valence-electron chi connectivity index (χ0n) is 29.3. The summed E-state index contributed by atoms with van der Waals surface area (Å²) in [6, 6.07) is 0.647. The van der Waals surface area contributed by atoms with Gasteiger partial charge in [-0.1, -0.05) is 0 Å². The van der Waals surface area contributed by atoms with Crippen LogP contribution < -0.4 is 21.3 Å². The van der Waals surface area contributed by atoms with Gasteiger partial charge in [0.2, 0.25) is 11.8 Å². The fourth-order valence-electron chi connectivity index (χ4n) is 8.37. The van der Waals surface area contributed by atoms with Crippen LogP contribution in [0.25, 0.3) is 0 Å². The van der Waals surface area contributed by atoms with Gasteiger partial charge in [-0.3, -0.25) is 30.4 Å². The SMILES string of the molecule is COCCN(C)C1CC(C(=O)NC[C@H](O)CN2CCC3CC(OCC4OCNC4C)CCC3C2)CC(NC2CCN(C(C)=O)CC2)N1. The van der Waals surface area contributed by atoms with Crippen molar-refractivity contribution in [3.05, 3.63) is 0 Å². The minimum atomic E-state index is -0.598. The van der Waals surface area contributed by atoms with Gasteiger partial charge in [-0.25, -0.2) is 0 Å². The van der Waals surface area contributed by atoms with Gasteiger partial charge in [0.05, 0.1) is 50.6 Å². The lowest BCUT2D eigenvalue weighted by atomic mass is 9.74. The quantitative estimate of drug-likeness (QED) is 0.173. The molecule has 5 aliphatic rings. The molecular weight excluding hydrogens is 602 g/mol. The predicted molar refractivity (Wildman–Crippen MR) is 179 cm³/mol. The third-order valence-corrected chi connectivity index (χ3v) is 11.5. The zero-order chi connectivity index (χ0) is 33.3. The number of carbonyl (C=O) groups excluding carboxylic acids is 2. The van der Waals surface area contributed by atoms with Crippen molar-refractivity contribution >= 4 is 11.8 Å². The van der Waals surface area contributed by atoms with Crippen LogP contribution in [0.3, 0.4) is 0 Å². The number of carbonyl (C=O) groups is 2. The van der Waals surface area contributed by atoms with Crippen molar-refractivity contribution in [3.8, 4) is 0 Å². The van der Waals surface area contributed by atoms with Crippen LogP contribution >= 0.6 is 0 Å². The molecule has 5 rings (SSSR count). The van der Waals surface area contributed by atoms with Crippen molar-refractivity contribution in [2.24, 2.45) is 17.8 Å². The van der Waals surface area contributed by atoms with Crippen LogP contribution in [-0.2, 0) is 23.8 Å². The molecule has 9 atom stereocenters. The zero-order valence-corrected chi connectivity index (χ0v) is 29.3. The van der Waals surface area contributed by atoms with E-state index in [-0.39, 0.29) is 42.7 Å². The lowest BCUT2D eigenvalue weighted by Crippen LogP contribution is -2.62. The van der Waals surface area contributed by atoms with Crippen LogP contribution in [0.2, 0.25) is 0 Å². The fraction of sp³-hybridized carbons (Fsp3) is 0.941. The van der Waals surface area contributed by atoms with E-state index in [4.69, 9.17) is 14.2 Å². The van der Waals surface area contributed by atoms with Crippen LogP contribution in [0.5, 0.6) is 0 Å². The van der Waals surface area contributed by atoms with Gasteiger partial charge >= 0.3 is 0 Å². The number of rotatable bonds is 14. The van der Waals surface area contributed by atoms with Gasteiger partial charge in [-0.15, -0.1) is 0 Å². The molecule has 270 valence electrons. The highest BCUT2D eigenvalue weighted by atomic mass is 16.5. The first-order chi connectivity index (χ1) is 22.7. The molecule has 0 aromatic carbocycles. The van der Waals surface area contributed by atoms with Crippen molar-refractivity contribution in [2.45, 2.75) is 108 Å². The van der Waals surface area contributed by atoms with E-state index in [0.29, 0.717) is 69.4 Å². The number of hydrogen-bond acceptors (Lipinski definition) is 11. The number of aliphatic hydroxyl groups excluding tert-OH is 1. The number of nitrogens with one attached hydrogen (secondary N) is 4. The highest BCUT2D eigenvalue weighted by molar-refractivity contribution is 5.78. The van der Waals surface area contributed by atoms with Gasteiger partial charge in [0.1, 0.15) is 0 Å². The molecule has 0 spiro atoms. The van der Waals surface area contributed by atoms with Gasteiger partial charge in [0.25, 0.3) is 0 Å². The molecule has 4 aliphatic heterocycles. The lowest BCUT2D eigenvalue weighted by Gasteiger charge is -2.44. The molecule has 0 radical (unpaired) electrons. The van der Waals surface area contributed by atoms with Gasteiger partial charge in [-0.05, 0) is 83.7 Å². The Kier molecular flexibility index (Phi) is 14.1. The average Bonchev–Trinajstić information content (AvgIpc) is 3.49. The number of ether oxygens (including phenoxy) is 3. The number of fused-ring (bicyclic) bond motifs is 1. The topological polar surface area (TPSA) is 140 Å². The van der Waals surface area contributed by atoms with Gasteiger partial charge in [-0.2, -0.15) is 0 Å². The van der Waals surface area contributed by atoms with Gasteiger partial charge in [0.15, 0.2) is 0 Å². The van der Waals surface area contributed by atoms with Crippen molar-refractivity contribution in [1.82, 2.24) is 36.0 Å². The van der Waals surface area contributed by atoms with E-state index in [1.54, 1.807) is 14.0 Å². The Hall–Kier alpha value is -1.42. The Balaban J connectivity index is 1.04. The monoisotopic (exact) mass is 665 g/mol. The molecule has 4 heterocycles. The number of aliphatic hydroxyl groups is 1. The first kappa shape index (κ1) is 36.9. The van der Waals surface area contributed by atoms with Crippen molar-refractivity contribution < 1.29 is 28.9 Å².